The van der Waals surface area contributed by atoms with Crippen LogP contribution in [0.2, 0.25) is 10.0 Å². The van der Waals surface area contributed by atoms with Crippen LogP contribution in [-0.2, 0) is 17.8 Å². The Bertz CT molecular complexity index is 660. The first-order valence-corrected chi connectivity index (χ1v) is 8.45. The number of rotatable bonds is 6. The van der Waals surface area contributed by atoms with Crippen LogP contribution < -0.4 is 10.6 Å². The van der Waals surface area contributed by atoms with Gasteiger partial charge in [0, 0.05) is 18.0 Å². The van der Waals surface area contributed by atoms with Crippen molar-refractivity contribution in [3.63, 3.8) is 0 Å². The molecule has 0 aliphatic rings. The molecule has 0 aliphatic carbocycles. The van der Waals surface area contributed by atoms with Crippen LogP contribution in [0.15, 0.2) is 23.6 Å². The van der Waals surface area contributed by atoms with Crippen molar-refractivity contribution in [2.24, 2.45) is 0 Å². The zero-order valence-electron chi connectivity index (χ0n) is 12.3. The smallest absolute Gasteiger partial charge is 0.227 e. The molecule has 118 valence electrons. The second-order valence-corrected chi connectivity index (χ2v) is 6.64. The van der Waals surface area contributed by atoms with Crippen molar-refractivity contribution in [1.82, 2.24) is 15.6 Å². The highest BCUT2D eigenvalue weighted by atomic mass is 35.5. The van der Waals surface area contributed by atoms with Gasteiger partial charge in [-0.3, -0.25) is 4.79 Å². The summed E-state index contributed by atoms with van der Waals surface area (Å²) in [5, 5.41) is 9.76. The summed E-state index contributed by atoms with van der Waals surface area (Å²) >= 11 is 13.3. The molecule has 0 fully saturated rings. The van der Waals surface area contributed by atoms with E-state index in [9.17, 15) is 4.79 Å². The minimum absolute atomic E-state index is 0.0657. The van der Waals surface area contributed by atoms with Crippen molar-refractivity contribution in [3.05, 3.63) is 49.9 Å². The van der Waals surface area contributed by atoms with E-state index in [-0.39, 0.29) is 18.4 Å². The first-order valence-electron chi connectivity index (χ1n) is 6.81. The van der Waals surface area contributed by atoms with Gasteiger partial charge in [0.05, 0.1) is 22.2 Å². The number of amides is 1. The molecule has 0 aliphatic heterocycles. The molecule has 1 heterocycles. The minimum atomic E-state index is -0.0657. The van der Waals surface area contributed by atoms with E-state index in [0.717, 1.165) is 16.3 Å². The molecule has 22 heavy (non-hydrogen) atoms. The Kier molecular flexibility index (Phi) is 6.20. The Morgan fingerprint density at radius 2 is 2.14 bits per heavy atom. The number of hydrogen-bond donors (Lipinski definition) is 2. The average Bonchev–Trinajstić information content (AvgIpc) is 2.96. The predicted octanol–water partition coefficient (Wildman–Crippen LogP) is 3.59. The van der Waals surface area contributed by atoms with Crippen molar-refractivity contribution in [3.8, 4) is 0 Å². The van der Waals surface area contributed by atoms with Crippen LogP contribution in [0.3, 0.4) is 0 Å². The number of benzene rings is 1. The van der Waals surface area contributed by atoms with E-state index >= 15 is 0 Å². The number of carbonyl (C=O) groups is 1. The molecule has 2 aromatic rings. The van der Waals surface area contributed by atoms with Gasteiger partial charge in [-0.05, 0) is 31.7 Å². The lowest BCUT2D eigenvalue weighted by atomic mass is 10.2. The summed E-state index contributed by atoms with van der Waals surface area (Å²) in [7, 11) is 1.88. The number of aromatic nitrogens is 1. The molecule has 0 saturated carbocycles. The van der Waals surface area contributed by atoms with Crippen LogP contribution >= 0.6 is 34.5 Å². The molecular weight excluding hydrogens is 341 g/mol. The first-order chi connectivity index (χ1) is 10.5. The third-order valence-corrected chi connectivity index (χ3v) is 4.84. The van der Waals surface area contributed by atoms with Gasteiger partial charge in [-0.15, -0.1) is 11.3 Å². The molecule has 7 heteroatoms. The average molecular weight is 358 g/mol. The maximum Gasteiger partial charge on any atom is 0.227 e. The topological polar surface area (TPSA) is 54.0 Å². The molecule has 1 atom stereocenters. The third-order valence-electron chi connectivity index (χ3n) is 3.23. The number of thiazole rings is 1. The van der Waals surface area contributed by atoms with E-state index in [2.05, 4.69) is 15.6 Å². The Morgan fingerprint density at radius 3 is 2.82 bits per heavy atom. The lowest BCUT2D eigenvalue weighted by Crippen LogP contribution is -2.24. The first kappa shape index (κ1) is 17.2. The van der Waals surface area contributed by atoms with E-state index in [1.54, 1.807) is 12.1 Å². The van der Waals surface area contributed by atoms with Crippen LogP contribution in [0, 0.1) is 0 Å². The lowest BCUT2D eigenvalue weighted by Gasteiger charge is -2.06. The molecule has 0 radical (unpaired) electrons. The monoisotopic (exact) mass is 357 g/mol. The largest absolute Gasteiger partial charge is 0.352 e. The summed E-state index contributed by atoms with van der Waals surface area (Å²) < 4.78 is 0. The van der Waals surface area contributed by atoms with Gasteiger partial charge >= 0.3 is 0 Å². The van der Waals surface area contributed by atoms with Gasteiger partial charge in [-0.25, -0.2) is 4.98 Å². The third kappa shape index (κ3) is 4.68. The zero-order valence-corrected chi connectivity index (χ0v) is 14.6. The molecule has 0 saturated heterocycles. The molecule has 1 aromatic carbocycles. The maximum atomic E-state index is 12.0. The molecule has 0 spiro atoms. The number of halogens is 2. The highest BCUT2D eigenvalue weighted by molar-refractivity contribution is 7.09. The fourth-order valence-electron chi connectivity index (χ4n) is 1.80. The summed E-state index contributed by atoms with van der Waals surface area (Å²) in [5.74, 6) is -0.0657. The summed E-state index contributed by atoms with van der Waals surface area (Å²) in [5.41, 5.74) is 1.87. The normalized spacial score (nSPS) is 12.2. The Balaban J connectivity index is 1.87. The molecule has 1 amide bonds. The van der Waals surface area contributed by atoms with E-state index in [0.29, 0.717) is 16.6 Å². The van der Waals surface area contributed by atoms with Gasteiger partial charge in [-0.1, -0.05) is 29.3 Å². The highest BCUT2D eigenvalue weighted by Crippen LogP contribution is 2.22. The summed E-state index contributed by atoms with van der Waals surface area (Å²) in [6.45, 7) is 2.45. The van der Waals surface area contributed by atoms with Crippen molar-refractivity contribution in [2.75, 3.05) is 7.05 Å². The fourth-order valence-corrected chi connectivity index (χ4v) is 3.01. The van der Waals surface area contributed by atoms with Gasteiger partial charge in [0.25, 0.3) is 0 Å². The minimum Gasteiger partial charge on any atom is -0.352 e. The number of hydrogen-bond acceptors (Lipinski definition) is 4. The molecule has 2 rings (SSSR count). The summed E-state index contributed by atoms with van der Waals surface area (Å²) in [6.07, 6.45) is 0.280. The molecule has 1 aromatic heterocycles. The van der Waals surface area contributed by atoms with Gasteiger partial charge < -0.3 is 10.6 Å². The van der Waals surface area contributed by atoms with E-state index in [1.165, 1.54) is 11.3 Å². The second kappa shape index (κ2) is 7.92. The number of nitrogens with one attached hydrogen (secondary N) is 2. The lowest BCUT2D eigenvalue weighted by molar-refractivity contribution is -0.120. The number of nitrogens with zero attached hydrogens (tertiary/aromatic N) is 1. The zero-order chi connectivity index (χ0) is 16.1. The quantitative estimate of drug-likeness (QED) is 0.830. The van der Waals surface area contributed by atoms with E-state index < -0.39 is 0 Å². The van der Waals surface area contributed by atoms with Gasteiger partial charge in [0.2, 0.25) is 5.91 Å². The predicted molar refractivity (Wildman–Crippen MR) is 91.6 cm³/mol. The SMILES string of the molecule is CNC(C)c1csc(CC(=O)NCc2ccc(Cl)c(Cl)c2)n1. The van der Waals surface area contributed by atoms with Gasteiger partial charge in [0.15, 0.2) is 0 Å². The highest BCUT2D eigenvalue weighted by Gasteiger charge is 2.11. The standard InChI is InChI=1S/C15H17Cl2N3OS/c1-9(18-2)13-8-22-15(20-13)6-14(21)19-7-10-3-4-11(16)12(17)5-10/h3-5,8-9,18H,6-7H2,1-2H3,(H,19,21). The molecule has 4 nitrogen and oxygen atoms in total. The Hall–Kier alpha value is -1.14. The van der Waals surface area contributed by atoms with E-state index in [4.69, 9.17) is 23.2 Å². The fraction of sp³-hybridized carbons (Fsp3) is 0.333. The van der Waals surface area contributed by atoms with Crippen molar-refractivity contribution >= 4 is 40.4 Å². The summed E-state index contributed by atoms with van der Waals surface area (Å²) in [4.78, 5) is 16.4. The number of carbonyl (C=O) groups excluding carboxylic acids is 1. The summed E-state index contributed by atoms with van der Waals surface area (Å²) in [6, 6.07) is 5.49. The molecule has 2 N–H and O–H groups in total. The molecule has 0 bridgehead atoms. The van der Waals surface area contributed by atoms with Crippen molar-refractivity contribution in [2.45, 2.75) is 25.9 Å². The van der Waals surface area contributed by atoms with Crippen molar-refractivity contribution < 1.29 is 4.79 Å². The van der Waals surface area contributed by atoms with Crippen LogP contribution in [0.5, 0.6) is 0 Å². The van der Waals surface area contributed by atoms with E-state index in [1.807, 2.05) is 25.4 Å². The van der Waals surface area contributed by atoms with Crippen molar-refractivity contribution in [1.29, 1.82) is 0 Å². The van der Waals surface area contributed by atoms with Crippen LogP contribution in [0.4, 0.5) is 0 Å². The maximum absolute atomic E-state index is 12.0. The van der Waals surface area contributed by atoms with Crippen LogP contribution in [0.25, 0.3) is 0 Å². The van der Waals surface area contributed by atoms with Crippen LogP contribution in [-0.4, -0.2) is 17.9 Å². The Labute approximate surface area is 143 Å². The van der Waals surface area contributed by atoms with Gasteiger partial charge in [-0.2, -0.15) is 0 Å². The van der Waals surface area contributed by atoms with Gasteiger partial charge in [0.1, 0.15) is 5.01 Å². The Morgan fingerprint density at radius 1 is 1.36 bits per heavy atom. The second-order valence-electron chi connectivity index (χ2n) is 4.88. The molecule has 1 unspecified atom stereocenters. The molecular formula is C15H17Cl2N3OS. The van der Waals surface area contributed by atoms with Crippen LogP contribution in [0.1, 0.15) is 29.2 Å².